The molecule has 1 aromatic heterocycles. The Balaban J connectivity index is 2.33. The zero-order chi connectivity index (χ0) is 12.3. The summed E-state index contributed by atoms with van der Waals surface area (Å²) in [7, 11) is 0. The topological polar surface area (TPSA) is 30.0 Å². The van der Waals surface area contributed by atoms with Crippen molar-refractivity contribution in [2.24, 2.45) is 5.92 Å². The maximum absolute atomic E-state index is 12.1. The van der Waals surface area contributed by atoms with Gasteiger partial charge in [0.15, 0.2) is 5.78 Å². The number of benzene rings is 1. The van der Waals surface area contributed by atoms with Crippen LogP contribution in [0.2, 0.25) is 0 Å². The summed E-state index contributed by atoms with van der Waals surface area (Å²) >= 11 is 0. The Kier molecular flexibility index (Phi) is 3.52. The van der Waals surface area contributed by atoms with E-state index in [0.717, 1.165) is 23.7 Å². The standard InChI is InChI=1S/C15H17NO/c1-3-6-11(2)15(17)14-10-9-12-7-4-5-8-13(12)16-14/h4-5,7-11H,3,6H2,1-2H3. The van der Waals surface area contributed by atoms with Crippen LogP contribution in [0.15, 0.2) is 36.4 Å². The van der Waals surface area contributed by atoms with E-state index in [4.69, 9.17) is 0 Å². The third-order valence-corrected chi connectivity index (χ3v) is 3.02. The highest BCUT2D eigenvalue weighted by atomic mass is 16.1. The van der Waals surface area contributed by atoms with Gasteiger partial charge in [0.1, 0.15) is 5.69 Å². The number of hydrogen-bond donors (Lipinski definition) is 0. The molecule has 2 rings (SSSR count). The van der Waals surface area contributed by atoms with Gasteiger partial charge >= 0.3 is 0 Å². The third kappa shape index (κ3) is 2.52. The fourth-order valence-electron chi connectivity index (χ4n) is 2.02. The molecule has 1 aromatic carbocycles. The van der Waals surface area contributed by atoms with E-state index in [2.05, 4.69) is 11.9 Å². The second kappa shape index (κ2) is 5.09. The Morgan fingerprint density at radius 3 is 2.76 bits per heavy atom. The Bertz CT molecular complexity index is 533. The Morgan fingerprint density at radius 2 is 2.00 bits per heavy atom. The molecule has 0 aliphatic heterocycles. The highest BCUT2D eigenvalue weighted by Crippen LogP contribution is 2.16. The summed E-state index contributed by atoms with van der Waals surface area (Å²) in [5, 5.41) is 1.08. The van der Waals surface area contributed by atoms with Crippen LogP contribution in [0.25, 0.3) is 10.9 Å². The van der Waals surface area contributed by atoms with Crippen LogP contribution < -0.4 is 0 Å². The number of Topliss-reactive ketones (excluding diaryl/α,β-unsaturated/α-hetero) is 1. The Labute approximate surface area is 102 Å². The lowest BCUT2D eigenvalue weighted by molar-refractivity contribution is 0.0919. The molecule has 0 amide bonds. The van der Waals surface area contributed by atoms with Crippen LogP contribution in [0.3, 0.4) is 0 Å². The van der Waals surface area contributed by atoms with Crippen LogP contribution in [0.5, 0.6) is 0 Å². The molecule has 0 saturated heterocycles. The van der Waals surface area contributed by atoms with Crippen LogP contribution >= 0.6 is 0 Å². The van der Waals surface area contributed by atoms with Gasteiger partial charge in [-0.15, -0.1) is 0 Å². The first-order chi connectivity index (χ1) is 8.22. The van der Waals surface area contributed by atoms with Crippen molar-refractivity contribution in [3.63, 3.8) is 0 Å². The average Bonchev–Trinajstić information content (AvgIpc) is 2.37. The van der Waals surface area contributed by atoms with E-state index in [9.17, 15) is 4.79 Å². The molecule has 0 fully saturated rings. The van der Waals surface area contributed by atoms with Crippen LogP contribution in [0.1, 0.15) is 37.2 Å². The summed E-state index contributed by atoms with van der Waals surface area (Å²) in [5.74, 6) is 0.214. The molecule has 1 unspecified atom stereocenters. The molecule has 0 aliphatic rings. The van der Waals surface area contributed by atoms with Gasteiger partial charge in [0.25, 0.3) is 0 Å². The normalized spacial score (nSPS) is 12.6. The van der Waals surface area contributed by atoms with E-state index in [1.807, 2.05) is 43.3 Å². The highest BCUT2D eigenvalue weighted by Gasteiger charge is 2.15. The number of fused-ring (bicyclic) bond motifs is 1. The highest BCUT2D eigenvalue weighted by molar-refractivity contribution is 5.97. The van der Waals surface area contributed by atoms with E-state index < -0.39 is 0 Å². The van der Waals surface area contributed by atoms with E-state index in [0.29, 0.717) is 5.69 Å². The smallest absolute Gasteiger partial charge is 0.183 e. The van der Waals surface area contributed by atoms with Crippen molar-refractivity contribution in [1.29, 1.82) is 0 Å². The number of nitrogens with zero attached hydrogens (tertiary/aromatic N) is 1. The van der Waals surface area contributed by atoms with Gasteiger partial charge in [-0.05, 0) is 18.6 Å². The summed E-state index contributed by atoms with van der Waals surface area (Å²) < 4.78 is 0. The van der Waals surface area contributed by atoms with Crippen LogP contribution in [0, 0.1) is 5.92 Å². The molecule has 88 valence electrons. The van der Waals surface area contributed by atoms with Gasteiger partial charge in [-0.1, -0.05) is 44.5 Å². The summed E-state index contributed by atoms with van der Waals surface area (Å²) in [6.45, 7) is 4.07. The predicted octanol–water partition coefficient (Wildman–Crippen LogP) is 3.85. The first-order valence-corrected chi connectivity index (χ1v) is 6.12. The Morgan fingerprint density at radius 1 is 1.24 bits per heavy atom. The number of ketones is 1. The zero-order valence-corrected chi connectivity index (χ0v) is 10.3. The van der Waals surface area contributed by atoms with Gasteiger partial charge in [-0.25, -0.2) is 4.98 Å². The second-order valence-corrected chi connectivity index (χ2v) is 4.44. The number of pyridine rings is 1. The van der Waals surface area contributed by atoms with Gasteiger partial charge in [0.2, 0.25) is 0 Å². The van der Waals surface area contributed by atoms with Crippen molar-refractivity contribution in [2.45, 2.75) is 26.7 Å². The lowest BCUT2D eigenvalue weighted by Gasteiger charge is -2.08. The molecule has 2 heteroatoms. The largest absolute Gasteiger partial charge is 0.292 e. The van der Waals surface area contributed by atoms with E-state index in [-0.39, 0.29) is 11.7 Å². The van der Waals surface area contributed by atoms with Crippen LogP contribution in [-0.4, -0.2) is 10.8 Å². The maximum atomic E-state index is 12.1. The van der Waals surface area contributed by atoms with Crippen molar-refractivity contribution in [3.05, 3.63) is 42.1 Å². The summed E-state index contributed by atoms with van der Waals surface area (Å²) in [6, 6.07) is 11.7. The van der Waals surface area contributed by atoms with Crippen LogP contribution in [0.4, 0.5) is 0 Å². The summed E-state index contributed by atoms with van der Waals surface area (Å²) in [4.78, 5) is 16.5. The minimum absolute atomic E-state index is 0.0636. The monoisotopic (exact) mass is 227 g/mol. The molecule has 2 aromatic rings. The number of aromatic nitrogens is 1. The molecule has 1 atom stereocenters. The van der Waals surface area contributed by atoms with Crippen molar-refractivity contribution < 1.29 is 4.79 Å². The van der Waals surface area contributed by atoms with Crippen molar-refractivity contribution >= 4 is 16.7 Å². The molecule has 2 nitrogen and oxygen atoms in total. The SMILES string of the molecule is CCCC(C)C(=O)c1ccc2ccccc2n1. The fourth-order valence-corrected chi connectivity index (χ4v) is 2.02. The van der Waals surface area contributed by atoms with Crippen molar-refractivity contribution in [1.82, 2.24) is 4.98 Å². The molecule has 0 radical (unpaired) electrons. The molecule has 0 spiro atoms. The molecule has 0 bridgehead atoms. The van der Waals surface area contributed by atoms with Crippen molar-refractivity contribution in [3.8, 4) is 0 Å². The Hall–Kier alpha value is -1.70. The number of carbonyl (C=O) groups excluding carboxylic acids is 1. The van der Waals surface area contributed by atoms with E-state index >= 15 is 0 Å². The summed E-state index contributed by atoms with van der Waals surface area (Å²) in [5.41, 5.74) is 1.48. The first kappa shape index (κ1) is 11.8. The first-order valence-electron chi connectivity index (χ1n) is 6.12. The summed E-state index contributed by atoms with van der Waals surface area (Å²) in [6.07, 6.45) is 1.95. The van der Waals surface area contributed by atoms with Crippen LogP contribution in [-0.2, 0) is 0 Å². The average molecular weight is 227 g/mol. The fraction of sp³-hybridized carbons (Fsp3) is 0.333. The molecule has 1 heterocycles. The number of carbonyl (C=O) groups is 1. The predicted molar refractivity (Wildman–Crippen MR) is 70.1 cm³/mol. The van der Waals surface area contributed by atoms with Gasteiger partial charge in [-0.3, -0.25) is 4.79 Å². The van der Waals surface area contributed by atoms with Gasteiger partial charge in [-0.2, -0.15) is 0 Å². The van der Waals surface area contributed by atoms with Gasteiger partial charge < -0.3 is 0 Å². The minimum atomic E-state index is 0.0636. The molecular formula is C15H17NO. The molecule has 0 aliphatic carbocycles. The quantitative estimate of drug-likeness (QED) is 0.742. The minimum Gasteiger partial charge on any atom is -0.292 e. The number of hydrogen-bond acceptors (Lipinski definition) is 2. The lowest BCUT2D eigenvalue weighted by Crippen LogP contribution is -2.12. The van der Waals surface area contributed by atoms with E-state index in [1.165, 1.54) is 0 Å². The van der Waals surface area contributed by atoms with Gasteiger partial charge in [0, 0.05) is 11.3 Å². The zero-order valence-electron chi connectivity index (χ0n) is 10.3. The van der Waals surface area contributed by atoms with Gasteiger partial charge in [0.05, 0.1) is 5.52 Å². The molecule has 0 N–H and O–H groups in total. The second-order valence-electron chi connectivity index (χ2n) is 4.44. The molecule has 17 heavy (non-hydrogen) atoms. The number of para-hydroxylation sites is 1. The maximum Gasteiger partial charge on any atom is 0.183 e. The van der Waals surface area contributed by atoms with E-state index in [1.54, 1.807) is 0 Å². The third-order valence-electron chi connectivity index (χ3n) is 3.02. The molecule has 0 saturated carbocycles. The van der Waals surface area contributed by atoms with Crippen molar-refractivity contribution in [2.75, 3.05) is 0 Å². The molecular weight excluding hydrogens is 210 g/mol. The lowest BCUT2D eigenvalue weighted by atomic mass is 9.98. The number of rotatable bonds is 4.